The molecule has 106 valence electrons. The van der Waals surface area contributed by atoms with Crippen LogP contribution in [0.4, 0.5) is 11.4 Å². The second-order valence-electron chi connectivity index (χ2n) is 5.50. The Morgan fingerprint density at radius 2 is 2.00 bits per heavy atom. The Labute approximate surface area is 123 Å². The highest BCUT2D eigenvalue weighted by atomic mass is 32.1. The number of thiocarbonyl (C=S) groups is 1. The van der Waals surface area contributed by atoms with Gasteiger partial charge >= 0.3 is 0 Å². The number of nitrogens with zero attached hydrogens (tertiary/aromatic N) is 2. The number of rotatable bonds is 2. The number of anilines is 1. The lowest BCUT2D eigenvalue weighted by Gasteiger charge is -2.38. The molecule has 0 atom stereocenters. The number of allylic oxidation sites excluding steroid dienone is 1. The maximum absolute atomic E-state index is 10.9. The van der Waals surface area contributed by atoms with E-state index in [2.05, 4.69) is 11.4 Å². The van der Waals surface area contributed by atoms with Gasteiger partial charge < -0.3 is 5.32 Å². The fourth-order valence-corrected chi connectivity index (χ4v) is 2.87. The standard InChI is InChI=1S/C14H17N3O2S/c1-9-5-6-11(17(18)19)7-12(9)16-10(2)8-14(3,4)15-13(16)20/h5-8H,1-4H3,(H,15,20). The van der Waals surface area contributed by atoms with Crippen molar-refractivity contribution in [3.63, 3.8) is 0 Å². The highest BCUT2D eigenvalue weighted by molar-refractivity contribution is 7.80. The molecule has 20 heavy (non-hydrogen) atoms. The molecule has 1 aromatic carbocycles. The third-order valence-electron chi connectivity index (χ3n) is 3.20. The number of aryl methyl sites for hydroxylation is 1. The zero-order chi connectivity index (χ0) is 15.1. The first-order valence-corrected chi connectivity index (χ1v) is 6.69. The van der Waals surface area contributed by atoms with Crippen molar-refractivity contribution >= 4 is 28.7 Å². The van der Waals surface area contributed by atoms with Gasteiger partial charge in [0, 0.05) is 17.8 Å². The van der Waals surface area contributed by atoms with Crippen molar-refractivity contribution < 1.29 is 4.92 Å². The minimum atomic E-state index is -0.396. The highest BCUT2D eigenvalue weighted by Gasteiger charge is 2.29. The van der Waals surface area contributed by atoms with Gasteiger partial charge in [-0.15, -0.1) is 0 Å². The van der Waals surface area contributed by atoms with Crippen molar-refractivity contribution in [2.45, 2.75) is 33.2 Å². The molecule has 5 nitrogen and oxygen atoms in total. The average molecular weight is 291 g/mol. The van der Waals surface area contributed by atoms with Crippen molar-refractivity contribution in [3.05, 3.63) is 45.6 Å². The minimum absolute atomic E-state index is 0.0611. The summed E-state index contributed by atoms with van der Waals surface area (Å²) in [4.78, 5) is 12.4. The monoisotopic (exact) mass is 291 g/mol. The van der Waals surface area contributed by atoms with Gasteiger partial charge in [0.1, 0.15) is 0 Å². The smallest absolute Gasteiger partial charge is 0.271 e. The number of hydrogen-bond donors (Lipinski definition) is 1. The molecule has 0 spiro atoms. The maximum Gasteiger partial charge on any atom is 0.271 e. The van der Waals surface area contributed by atoms with Gasteiger partial charge in [0.05, 0.1) is 16.1 Å². The molecule has 0 radical (unpaired) electrons. The number of nitro benzene ring substituents is 1. The van der Waals surface area contributed by atoms with Crippen LogP contribution in [0, 0.1) is 17.0 Å². The van der Waals surface area contributed by atoms with Gasteiger partial charge in [0.2, 0.25) is 0 Å². The Balaban J connectivity index is 2.53. The lowest BCUT2D eigenvalue weighted by Crippen LogP contribution is -2.53. The first kappa shape index (κ1) is 14.5. The summed E-state index contributed by atoms with van der Waals surface area (Å²) in [5.74, 6) is 0. The molecule has 0 saturated carbocycles. The van der Waals surface area contributed by atoms with Crippen molar-refractivity contribution in [1.82, 2.24) is 5.32 Å². The van der Waals surface area contributed by atoms with E-state index in [-0.39, 0.29) is 11.2 Å². The minimum Gasteiger partial charge on any atom is -0.354 e. The van der Waals surface area contributed by atoms with E-state index in [1.807, 2.05) is 32.6 Å². The zero-order valence-electron chi connectivity index (χ0n) is 11.9. The van der Waals surface area contributed by atoms with Gasteiger partial charge in [0.15, 0.2) is 5.11 Å². The van der Waals surface area contributed by atoms with Crippen LogP contribution < -0.4 is 10.2 Å². The van der Waals surface area contributed by atoms with Gasteiger partial charge in [-0.05, 0) is 51.6 Å². The quantitative estimate of drug-likeness (QED) is 0.515. The van der Waals surface area contributed by atoms with Crippen molar-refractivity contribution in [2.75, 3.05) is 4.90 Å². The summed E-state index contributed by atoms with van der Waals surface area (Å²) in [5, 5.41) is 14.7. The van der Waals surface area contributed by atoms with Crippen LogP contribution in [0.3, 0.4) is 0 Å². The van der Waals surface area contributed by atoms with Crippen LogP contribution in [0.25, 0.3) is 0 Å². The van der Waals surface area contributed by atoms with Crippen LogP contribution in [0.2, 0.25) is 0 Å². The number of nitrogens with one attached hydrogen (secondary N) is 1. The molecule has 0 unspecified atom stereocenters. The summed E-state index contributed by atoms with van der Waals surface area (Å²) in [6, 6.07) is 4.80. The summed E-state index contributed by atoms with van der Waals surface area (Å²) < 4.78 is 0. The fraction of sp³-hybridized carbons (Fsp3) is 0.357. The topological polar surface area (TPSA) is 58.4 Å². The third kappa shape index (κ3) is 2.65. The Kier molecular flexibility index (Phi) is 3.52. The Bertz CT molecular complexity index is 623. The van der Waals surface area contributed by atoms with Crippen LogP contribution in [0.5, 0.6) is 0 Å². The van der Waals surface area contributed by atoms with E-state index in [4.69, 9.17) is 12.2 Å². The Morgan fingerprint density at radius 1 is 1.35 bits per heavy atom. The van der Waals surface area contributed by atoms with Gasteiger partial charge in [-0.1, -0.05) is 6.07 Å². The van der Waals surface area contributed by atoms with Crippen LogP contribution in [0.1, 0.15) is 26.3 Å². The van der Waals surface area contributed by atoms with E-state index >= 15 is 0 Å². The van der Waals surface area contributed by atoms with Crippen molar-refractivity contribution in [2.24, 2.45) is 0 Å². The molecule has 6 heteroatoms. The molecule has 1 aliphatic rings. The molecule has 0 fully saturated rings. The molecule has 0 amide bonds. The molecule has 1 aromatic rings. The van der Waals surface area contributed by atoms with E-state index < -0.39 is 4.92 Å². The van der Waals surface area contributed by atoms with E-state index in [1.54, 1.807) is 12.1 Å². The Morgan fingerprint density at radius 3 is 2.55 bits per heavy atom. The van der Waals surface area contributed by atoms with Crippen LogP contribution in [0.15, 0.2) is 30.0 Å². The fourth-order valence-electron chi connectivity index (χ4n) is 2.37. The normalized spacial score (nSPS) is 17.5. The molecule has 2 rings (SSSR count). The SMILES string of the molecule is CC1=CC(C)(C)NC(=S)N1c1cc([N+](=O)[O-])ccc1C. The lowest BCUT2D eigenvalue weighted by atomic mass is 10.0. The molecule has 1 N–H and O–H groups in total. The summed E-state index contributed by atoms with van der Waals surface area (Å²) in [5.41, 5.74) is 2.48. The zero-order valence-corrected chi connectivity index (χ0v) is 12.7. The maximum atomic E-state index is 10.9. The largest absolute Gasteiger partial charge is 0.354 e. The van der Waals surface area contributed by atoms with Crippen LogP contribution in [-0.4, -0.2) is 15.6 Å². The number of nitro groups is 1. The van der Waals surface area contributed by atoms with Crippen LogP contribution >= 0.6 is 12.2 Å². The molecule has 0 saturated heterocycles. The second-order valence-corrected chi connectivity index (χ2v) is 5.89. The summed E-state index contributed by atoms with van der Waals surface area (Å²) in [6.07, 6.45) is 2.06. The van der Waals surface area contributed by atoms with Crippen molar-refractivity contribution in [3.8, 4) is 0 Å². The van der Waals surface area contributed by atoms with Gasteiger partial charge in [0.25, 0.3) is 5.69 Å². The lowest BCUT2D eigenvalue weighted by molar-refractivity contribution is -0.384. The molecular weight excluding hydrogens is 274 g/mol. The molecule has 0 aromatic heterocycles. The third-order valence-corrected chi connectivity index (χ3v) is 3.48. The highest BCUT2D eigenvalue weighted by Crippen LogP contribution is 2.31. The molecule has 1 aliphatic heterocycles. The predicted octanol–water partition coefficient (Wildman–Crippen LogP) is 3.28. The van der Waals surface area contributed by atoms with E-state index in [9.17, 15) is 10.1 Å². The first-order chi connectivity index (χ1) is 9.21. The van der Waals surface area contributed by atoms with E-state index in [1.165, 1.54) is 6.07 Å². The molecule has 0 bridgehead atoms. The second kappa shape index (κ2) is 4.86. The number of hydrogen-bond acceptors (Lipinski definition) is 3. The average Bonchev–Trinajstić information content (AvgIpc) is 2.28. The van der Waals surface area contributed by atoms with Gasteiger partial charge in [-0.25, -0.2) is 0 Å². The van der Waals surface area contributed by atoms with E-state index in [0.29, 0.717) is 5.11 Å². The summed E-state index contributed by atoms with van der Waals surface area (Å²) in [7, 11) is 0. The predicted molar refractivity (Wildman–Crippen MR) is 83.9 cm³/mol. The summed E-state index contributed by atoms with van der Waals surface area (Å²) in [6.45, 7) is 7.92. The van der Waals surface area contributed by atoms with Gasteiger partial charge in [-0.3, -0.25) is 15.0 Å². The molecule has 0 aliphatic carbocycles. The number of non-ortho nitro benzene ring substituents is 1. The number of benzene rings is 1. The first-order valence-electron chi connectivity index (χ1n) is 6.28. The van der Waals surface area contributed by atoms with Crippen LogP contribution in [-0.2, 0) is 0 Å². The summed E-state index contributed by atoms with van der Waals surface area (Å²) >= 11 is 5.41. The molecule has 1 heterocycles. The van der Waals surface area contributed by atoms with E-state index in [0.717, 1.165) is 16.9 Å². The van der Waals surface area contributed by atoms with Gasteiger partial charge in [-0.2, -0.15) is 0 Å². The Hall–Kier alpha value is -1.95. The van der Waals surface area contributed by atoms with Crippen molar-refractivity contribution in [1.29, 1.82) is 0 Å². The molecular formula is C14H17N3O2S.